The van der Waals surface area contributed by atoms with E-state index in [1.54, 1.807) is 0 Å². The standard InChI is InChI=1S/C52H34N2/c1-2-11-35(12-3-1)37-25-29-41(30-26-37)53-47-19-8-6-16-45(47)51-49(53)33-34-50-52(51)46-17-7-9-20-48(46)54(50)42-31-27-38(28-32-42)36-21-23-40(24-22-36)44-18-10-14-39-13-4-5-15-43(39)44/h1-34H. The van der Waals surface area contributed by atoms with Crippen molar-refractivity contribution in [3.63, 3.8) is 0 Å². The Labute approximate surface area is 313 Å². The van der Waals surface area contributed by atoms with Gasteiger partial charge in [0.2, 0.25) is 0 Å². The molecule has 0 N–H and O–H groups in total. The Morgan fingerprint density at radius 2 is 0.648 bits per heavy atom. The fraction of sp³-hybridized carbons (Fsp3) is 0. The highest BCUT2D eigenvalue weighted by atomic mass is 15.0. The lowest BCUT2D eigenvalue weighted by molar-refractivity contribution is 1.17. The van der Waals surface area contributed by atoms with E-state index in [0.29, 0.717) is 0 Å². The molecule has 2 aromatic heterocycles. The Bertz CT molecular complexity index is 3160. The van der Waals surface area contributed by atoms with E-state index in [1.165, 1.54) is 87.8 Å². The van der Waals surface area contributed by atoms with Gasteiger partial charge in [-0.2, -0.15) is 0 Å². The van der Waals surface area contributed by atoms with Gasteiger partial charge in [-0.05, 0) is 92.7 Å². The molecule has 0 radical (unpaired) electrons. The van der Waals surface area contributed by atoms with Crippen LogP contribution < -0.4 is 0 Å². The van der Waals surface area contributed by atoms with Gasteiger partial charge in [0.05, 0.1) is 22.1 Å². The summed E-state index contributed by atoms with van der Waals surface area (Å²) in [6.45, 7) is 0. The molecular formula is C52H34N2. The van der Waals surface area contributed by atoms with Crippen molar-refractivity contribution in [1.29, 1.82) is 0 Å². The number of para-hydroxylation sites is 2. The molecule has 0 atom stereocenters. The third kappa shape index (κ3) is 4.74. The van der Waals surface area contributed by atoms with E-state index in [9.17, 15) is 0 Å². The lowest BCUT2D eigenvalue weighted by Gasteiger charge is -2.11. The van der Waals surface area contributed by atoms with Crippen LogP contribution in [0.2, 0.25) is 0 Å². The Kier molecular flexibility index (Phi) is 6.90. The molecule has 2 heteroatoms. The molecule has 0 unspecified atom stereocenters. The number of rotatable bonds is 5. The first-order chi connectivity index (χ1) is 26.8. The van der Waals surface area contributed by atoms with Gasteiger partial charge in [-0.25, -0.2) is 0 Å². The molecule has 11 aromatic rings. The van der Waals surface area contributed by atoms with E-state index in [4.69, 9.17) is 0 Å². The summed E-state index contributed by atoms with van der Waals surface area (Å²) in [6, 6.07) is 75.0. The van der Waals surface area contributed by atoms with Crippen LogP contribution in [0.3, 0.4) is 0 Å². The van der Waals surface area contributed by atoms with Crippen molar-refractivity contribution in [2.45, 2.75) is 0 Å². The van der Waals surface area contributed by atoms with E-state index in [2.05, 4.69) is 215 Å². The quantitative estimate of drug-likeness (QED) is 0.171. The van der Waals surface area contributed by atoms with Gasteiger partial charge >= 0.3 is 0 Å². The molecule has 9 aromatic carbocycles. The molecule has 0 bridgehead atoms. The smallest absolute Gasteiger partial charge is 0.0548 e. The fourth-order valence-corrected chi connectivity index (χ4v) is 8.63. The second-order valence-electron chi connectivity index (χ2n) is 14.1. The van der Waals surface area contributed by atoms with Crippen molar-refractivity contribution >= 4 is 54.4 Å². The molecule has 54 heavy (non-hydrogen) atoms. The summed E-state index contributed by atoms with van der Waals surface area (Å²) in [4.78, 5) is 0. The van der Waals surface area contributed by atoms with Crippen LogP contribution in [0, 0.1) is 0 Å². The summed E-state index contributed by atoms with van der Waals surface area (Å²) in [5.74, 6) is 0. The van der Waals surface area contributed by atoms with E-state index in [1.807, 2.05) is 0 Å². The lowest BCUT2D eigenvalue weighted by atomic mass is 9.96. The van der Waals surface area contributed by atoms with Crippen LogP contribution in [0.1, 0.15) is 0 Å². The number of benzene rings is 9. The average Bonchev–Trinajstić information content (AvgIpc) is 3.77. The number of hydrogen-bond donors (Lipinski definition) is 0. The average molecular weight is 687 g/mol. The summed E-state index contributed by atoms with van der Waals surface area (Å²) in [5.41, 5.74) is 14.5. The predicted octanol–water partition coefficient (Wildman–Crippen LogP) is 14.0. The minimum Gasteiger partial charge on any atom is -0.309 e. The summed E-state index contributed by atoms with van der Waals surface area (Å²) < 4.78 is 4.85. The summed E-state index contributed by atoms with van der Waals surface area (Å²) in [6.07, 6.45) is 0. The van der Waals surface area contributed by atoms with Crippen molar-refractivity contribution in [1.82, 2.24) is 9.13 Å². The third-order valence-electron chi connectivity index (χ3n) is 11.1. The first-order valence-electron chi connectivity index (χ1n) is 18.6. The minimum atomic E-state index is 1.15. The second-order valence-corrected chi connectivity index (χ2v) is 14.1. The molecule has 0 amide bonds. The van der Waals surface area contributed by atoms with Crippen LogP contribution >= 0.6 is 0 Å². The van der Waals surface area contributed by atoms with Crippen LogP contribution in [0.25, 0.3) is 99.1 Å². The van der Waals surface area contributed by atoms with E-state index in [0.717, 1.165) is 11.4 Å². The number of nitrogens with zero attached hydrogens (tertiary/aromatic N) is 2. The maximum absolute atomic E-state index is 2.43. The Morgan fingerprint density at radius 1 is 0.241 bits per heavy atom. The van der Waals surface area contributed by atoms with Gasteiger partial charge in [-0.1, -0.05) is 158 Å². The SMILES string of the molecule is c1ccc(-c2ccc(-n3c4ccccc4c4c5c6ccccc6n(-c6ccc(-c7ccc(-c8cccc9ccccc89)cc7)cc6)c5ccc43)cc2)cc1. The fourth-order valence-electron chi connectivity index (χ4n) is 8.63. The Hall–Kier alpha value is -7.16. The van der Waals surface area contributed by atoms with Crippen LogP contribution in [0.15, 0.2) is 206 Å². The van der Waals surface area contributed by atoms with Crippen molar-refractivity contribution < 1.29 is 0 Å². The van der Waals surface area contributed by atoms with Crippen LogP contribution in [-0.2, 0) is 0 Å². The number of aromatic nitrogens is 2. The summed E-state index contributed by atoms with van der Waals surface area (Å²) >= 11 is 0. The van der Waals surface area contributed by atoms with Crippen molar-refractivity contribution in [2.75, 3.05) is 0 Å². The van der Waals surface area contributed by atoms with E-state index < -0.39 is 0 Å². The maximum Gasteiger partial charge on any atom is 0.0548 e. The van der Waals surface area contributed by atoms with Gasteiger partial charge in [0.15, 0.2) is 0 Å². The zero-order valence-corrected chi connectivity index (χ0v) is 29.5. The molecule has 0 aliphatic heterocycles. The van der Waals surface area contributed by atoms with Crippen LogP contribution in [0.5, 0.6) is 0 Å². The van der Waals surface area contributed by atoms with Gasteiger partial charge in [0.1, 0.15) is 0 Å². The molecule has 0 saturated heterocycles. The maximum atomic E-state index is 2.43. The third-order valence-corrected chi connectivity index (χ3v) is 11.1. The highest BCUT2D eigenvalue weighted by Gasteiger charge is 2.20. The lowest BCUT2D eigenvalue weighted by Crippen LogP contribution is -1.95. The second kappa shape index (κ2) is 12.2. The van der Waals surface area contributed by atoms with E-state index >= 15 is 0 Å². The molecule has 0 aliphatic rings. The summed E-state index contributed by atoms with van der Waals surface area (Å²) in [7, 11) is 0. The highest BCUT2D eigenvalue weighted by Crippen LogP contribution is 2.42. The molecule has 2 nitrogen and oxygen atoms in total. The molecule has 2 heterocycles. The first-order valence-corrected chi connectivity index (χ1v) is 18.6. The zero-order valence-electron chi connectivity index (χ0n) is 29.5. The topological polar surface area (TPSA) is 9.86 Å². The van der Waals surface area contributed by atoms with Gasteiger partial charge < -0.3 is 9.13 Å². The molecular weight excluding hydrogens is 653 g/mol. The highest BCUT2D eigenvalue weighted by molar-refractivity contribution is 6.28. The monoisotopic (exact) mass is 686 g/mol. The van der Waals surface area contributed by atoms with Gasteiger partial charge in [0, 0.05) is 32.9 Å². The van der Waals surface area contributed by atoms with Crippen LogP contribution in [-0.4, -0.2) is 9.13 Å². The molecule has 0 spiro atoms. The van der Waals surface area contributed by atoms with Crippen LogP contribution in [0.4, 0.5) is 0 Å². The summed E-state index contributed by atoms with van der Waals surface area (Å²) in [5, 5.41) is 7.63. The molecule has 0 aliphatic carbocycles. The van der Waals surface area contributed by atoms with Crippen molar-refractivity contribution in [3.8, 4) is 44.8 Å². The Balaban J connectivity index is 1.02. The van der Waals surface area contributed by atoms with Gasteiger partial charge in [-0.15, -0.1) is 0 Å². The minimum absolute atomic E-state index is 1.15. The molecule has 0 saturated carbocycles. The first kappa shape index (κ1) is 30.5. The number of hydrogen-bond acceptors (Lipinski definition) is 0. The predicted molar refractivity (Wildman–Crippen MR) is 229 cm³/mol. The van der Waals surface area contributed by atoms with Gasteiger partial charge in [-0.3, -0.25) is 0 Å². The molecule has 0 fully saturated rings. The van der Waals surface area contributed by atoms with Crippen molar-refractivity contribution in [3.05, 3.63) is 206 Å². The van der Waals surface area contributed by atoms with Gasteiger partial charge in [0.25, 0.3) is 0 Å². The molecule has 252 valence electrons. The normalized spacial score (nSPS) is 11.7. The van der Waals surface area contributed by atoms with E-state index in [-0.39, 0.29) is 0 Å². The Morgan fingerprint density at radius 3 is 1.20 bits per heavy atom. The largest absolute Gasteiger partial charge is 0.309 e. The molecule has 11 rings (SSSR count). The number of fused-ring (bicyclic) bond motifs is 8. The van der Waals surface area contributed by atoms with Crippen molar-refractivity contribution in [2.24, 2.45) is 0 Å². The zero-order chi connectivity index (χ0) is 35.6.